The van der Waals surface area contributed by atoms with Crippen molar-refractivity contribution in [2.75, 3.05) is 6.54 Å². The number of thiophene rings is 1. The highest BCUT2D eigenvalue weighted by molar-refractivity contribution is 7.09. The zero-order valence-electron chi connectivity index (χ0n) is 11.4. The van der Waals surface area contributed by atoms with Crippen molar-refractivity contribution in [2.45, 2.75) is 32.7 Å². The van der Waals surface area contributed by atoms with Crippen LogP contribution in [0, 0.1) is 12.7 Å². The first-order valence-electron chi connectivity index (χ1n) is 6.72. The Bertz CT molecular complexity index is 507. The van der Waals surface area contributed by atoms with Gasteiger partial charge in [0.2, 0.25) is 0 Å². The van der Waals surface area contributed by atoms with E-state index in [4.69, 9.17) is 0 Å². The zero-order valence-corrected chi connectivity index (χ0v) is 12.3. The van der Waals surface area contributed by atoms with Crippen LogP contribution in [0.1, 0.15) is 35.4 Å². The van der Waals surface area contributed by atoms with Gasteiger partial charge in [0.05, 0.1) is 0 Å². The minimum absolute atomic E-state index is 0.153. The molecule has 1 atom stereocenters. The summed E-state index contributed by atoms with van der Waals surface area (Å²) in [5.41, 5.74) is 2.23. The van der Waals surface area contributed by atoms with Crippen LogP contribution in [0.4, 0.5) is 4.39 Å². The van der Waals surface area contributed by atoms with Gasteiger partial charge in [-0.15, -0.1) is 11.3 Å². The van der Waals surface area contributed by atoms with E-state index >= 15 is 0 Å². The van der Waals surface area contributed by atoms with E-state index in [0.29, 0.717) is 0 Å². The molecular formula is C16H20FNS. The molecule has 0 fully saturated rings. The van der Waals surface area contributed by atoms with Crippen LogP contribution in [-0.2, 0) is 6.42 Å². The summed E-state index contributed by atoms with van der Waals surface area (Å²) in [5.74, 6) is -0.153. The van der Waals surface area contributed by atoms with E-state index in [1.54, 1.807) is 17.4 Å². The van der Waals surface area contributed by atoms with E-state index in [1.807, 2.05) is 13.0 Å². The average molecular weight is 277 g/mol. The maximum absolute atomic E-state index is 13.4. The summed E-state index contributed by atoms with van der Waals surface area (Å²) in [5, 5.41) is 5.57. The number of aryl methyl sites for hydroxylation is 2. The van der Waals surface area contributed by atoms with Crippen molar-refractivity contribution in [1.29, 1.82) is 0 Å². The van der Waals surface area contributed by atoms with Gasteiger partial charge in [-0.1, -0.05) is 19.1 Å². The molecule has 0 aliphatic carbocycles. The van der Waals surface area contributed by atoms with E-state index < -0.39 is 0 Å². The lowest BCUT2D eigenvalue weighted by atomic mass is 9.97. The molecule has 0 radical (unpaired) electrons. The highest BCUT2D eigenvalue weighted by atomic mass is 32.1. The van der Waals surface area contributed by atoms with Gasteiger partial charge in [0.15, 0.2) is 0 Å². The molecule has 0 aliphatic heterocycles. The Labute approximate surface area is 118 Å². The third-order valence-corrected chi connectivity index (χ3v) is 4.26. The first-order valence-corrected chi connectivity index (χ1v) is 7.60. The van der Waals surface area contributed by atoms with E-state index in [9.17, 15) is 4.39 Å². The predicted molar refractivity (Wildman–Crippen MR) is 80.2 cm³/mol. The van der Waals surface area contributed by atoms with E-state index in [1.165, 1.54) is 10.9 Å². The summed E-state index contributed by atoms with van der Waals surface area (Å²) >= 11 is 1.78. The van der Waals surface area contributed by atoms with Crippen molar-refractivity contribution in [3.8, 4) is 0 Å². The zero-order chi connectivity index (χ0) is 13.7. The Hall–Kier alpha value is -1.19. The van der Waals surface area contributed by atoms with Gasteiger partial charge in [-0.2, -0.15) is 0 Å². The third kappa shape index (κ3) is 3.88. The molecule has 102 valence electrons. The van der Waals surface area contributed by atoms with Crippen LogP contribution >= 0.6 is 11.3 Å². The fourth-order valence-corrected chi connectivity index (χ4v) is 3.07. The number of hydrogen-bond donors (Lipinski definition) is 1. The second kappa shape index (κ2) is 6.83. The SMILES string of the molecule is CCNC(CCc1cccs1)c1cc(F)ccc1C. The van der Waals surface area contributed by atoms with Crippen LogP contribution in [0.25, 0.3) is 0 Å². The Morgan fingerprint density at radius 2 is 2.16 bits per heavy atom. The van der Waals surface area contributed by atoms with Gasteiger partial charge in [-0.05, 0) is 61.0 Å². The van der Waals surface area contributed by atoms with Crippen molar-refractivity contribution in [2.24, 2.45) is 0 Å². The molecule has 1 unspecified atom stereocenters. The van der Waals surface area contributed by atoms with E-state index in [-0.39, 0.29) is 11.9 Å². The quantitative estimate of drug-likeness (QED) is 0.821. The Balaban J connectivity index is 2.12. The number of nitrogens with one attached hydrogen (secondary N) is 1. The molecular weight excluding hydrogens is 257 g/mol. The van der Waals surface area contributed by atoms with Crippen LogP contribution in [-0.4, -0.2) is 6.54 Å². The highest BCUT2D eigenvalue weighted by Gasteiger charge is 2.14. The van der Waals surface area contributed by atoms with Crippen LogP contribution in [0.3, 0.4) is 0 Å². The van der Waals surface area contributed by atoms with Gasteiger partial charge in [0.1, 0.15) is 5.82 Å². The molecule has 0 aliphatic rings. The van der Waals surface area contributed by atoms with Crippen molar-refractivity contribution in [3.63, 3.8) is 0 Å². The average Bonchev–Trinajstić information content (AvgIpc) is 2.91. The molecule has 1 aromatic carbocycles. The van der Waals surface area contributed by atoms with E-state index in [0.717, 1.165) is 30.5 Å². The smallest absolute Gasteiger partial charge is 0.123 e. The maximum atomic E-state index is 13.4. The van der Waals surface area contributed by atoms with Gasteiger partial charge < -0.3 is 5.32 Å². The second-order valence-corrected chi connectivity index (χ2v) is 5.76. The van der Waals surface area contributed by atoms with Crippen molar-refractivity contribution >= 4 is 11.3 Å². The minimum Gasteiger partial charge on any atom is -0.310 e. The molecule has 1 heterocycles. The summed E-state index contributed by atoms with van der Waals surface area (Å²) in [4.78, 5) is 1.39. The maximum Gasteiger partial charge on any atom is 0.123 e. The monoisotopic (exact) mass is 277 g/mol. The topological polar surface area (TPSA) is 12.0 Å². The van der Waals surface area contributed by atoms with Crippen LogP contribution in [0.5, 0.6) is 0 Å². The van der Waals surface area contributed by atoms with Crippen molar-refractivity contribution in [3.05, 3.63) is 57.5 Å². The standard InChI is InChI=1S/C16H20FNS/c1-3-18-16(9-8-14-5-4-10-19-14)15-11-13(17)7-6-12(15)2/h4-7,10-11,16,18H,3,8-9H2,1-2H3. The Kier molecular flexibility index (Phi) is 5.11. The number of halogens is 1. The van der Waals surface area contributed by atoms with E-state index in [2.05, 4.69) is 29.8 Å². The third-order valence-electron chi connectivity index (χ3n) is 3.33. The summed E-state index contributed by atoms with van der Waals surface area (Å²) in [6, 6.07) is 9.52. The summed E-state index contributed by atoms with van der Waals surface area (Å²) < 4.78 is 13.4. The molecule has 0 spiro atoms. The van der Waals surface area contributed by atoms with Crippen molar-refractivity contribution < 1.29 is 4.39 Å². The molecule has 19 heavy (non-hydrogen) atoms. The second-order valence-electron chi connectivity index (χ2n) is 4.73. The summed E-state index contributed by atoms with van der Waals surface area (Å²) in [6.45, 7) is 5.03. The Morgan fingerprint density at radius 3 is 2.84 bits per heavy atom. The lowest BCUT2D eigenvalue weighted by molar-refractivity contribution is 0.510. The normalized spacial score (nSPS) is 12.6. The van der Waals surface area contributed by atoms with Crippen LogP contribution in [0.15, 0.2) is 35.7 Å². The largest absolute Gasteiger partial charge is 0.310 e. The van der Waals surface area contributed by atoms with Gasteiger partial charge in [0.25, 0.3) is 0 Å². The fourth-order valence-electron chi connectivity index (χ4n) is 2.34. The number of benzene rings is 1. The Morgan fingerprint density at radius 1 is 1.32 bits per heavy atom. The fraction of sp³-hybridized carbons (Fsp3) is 0.375. The predicted octanol–water partition coefficient (Wildman–Crippen LogP) is 4.48. The van der Waals surface area contributed by atoms with Crippen LogP contribution in [0.2, 0.25) is 0 Å². The van der Waals surface area contributed by atoms with Gasteiger partial charge in [0, 0.05) is 10.9 Å². The van der Waals surface area contributed by atoms with Gasteiger partial charge in [-0.25, -0.2) is 4.39 Å². The molecule has 3 heteroatoms. The minimum atomic E-state index is -0.153. The van der Waals surface area contributed by atoms with Gasteiger partial charge in [-0.3, -0.25) is 0 Å². The molecule has 2 rings (SSSR count). The molecule has 1 aromatic heterocycles. The van der Waals surface area contributed by atoms with Gasteiger partial charge >= 0.3 is 0 Å². The lowest BCUT2D eigenvalue weighted by Crippen LogP contribution is -2.22. The first kappa shape index (κ1) is 14.2. The first-order chi connectivity index (χ1) is 9.20. The molecule has 1 N–H and O–H groups in total. The number of hydrogen-bond acceptors (Lipinski definition) is 2. The van der Waals surface area contributed by atoms with Crippen LogP contribution < -0.4 is 5.32 Å². The summed E-state index contributed by atoms with van der Waals surface area (Å²) in [7, 11) is 0. The molecule has 0 amide bonds. The molecule has 0 saturated heterocycles. The molecule has 1 nitrogen and oxygen atoms in total. The van der Waals surface area contributed by atoms with Crippen molar-refractivity contribution in [1.82, 2.24) is 5.32 Å². The highest BCUT2D eigenvalue weighted by Crippen LogP contribution is 2.24. The molecule has 0 saturated carbocycles. The molecule has 2 aromatic rings. The molecule has 0 bridgehead atoms. The lowest BCUT2D eigenvalue weighted by Gasteiger charge is -2.20. The summed E-state index contributed by atoms with van der Waals surface area (Å²) in [6.07, 6.45) is 2.03. The number of rotatable bonds is 6.